The van der Waals surface area contributed by atoms with Gasteiger partial charge in [-0.05, 0) is 75.0 Å². The van der Waals surface area contributed by atoms with Crippen molar-refractivity contribution in [2.24, 2.45) is 5.92 Å². The molecule has 0 atom stereocenters. The summed E-state index contributed by atoms with van der Waals surface area (Å²) >= 11 is 0. The van der Waals surface area contributed by atoms with Gasteiger partial charge in [-0.3, -0.25) is 0 Å². The maximum atomic E-state index is 12.8. The van der Waals surface area contributed by atoms with E-state index >= 15 is 0 Å². The van der Waals surface area contributed by atoms with E-state index in [2.05, 4.69) is 10.8 Å². The van der Waals surface area contributed by atoms with Crippen LogP contribution < -0.4 is 9.47 Å². The summed E-state index contributed by atoms with van der Waals surface area (Å²) in [4.78, 5) is 0. The number of benzene rings is 1. The molecule has 0 spiro atoms. The largest absolute Gasteiger partial charge is 0.573 e. The third kappa shape index (κ3) is 4.68. The Balaban J connectivity index is 1.81. The number of alkyl halides is 3. The van der Waals surface area contributed by atoms with Crippen LogP contribution in [-0.4, -0.2) is 12.5 Å². The topological polar surface area (TPSA) is 18.5 Å². The molecule has 132 valence electrons. The highest BCUT2D eigenvalue weighted by Gasteiger charge is 2.34. The van der Waals surface area contributed by atoms with E-state index in [4.69, 9.17) is 4.74 Å². The minimum absolute atomic E-state index is 0.0133. The monoisotopic (exact) mass is 340 g/mol. The summed E-state index contributed by atoms with van der Waals surface area (Å²) in [7, 11) is 0. The van der Waals surface area contributed by atoms with Crippen LogP contribution in [0.1, 0.15) is 49.7 Å². The van der Waals surface area contributed by atoms with Gasteiger partial charge < -0.3 is 9.47 Å². The molecule has 0 heterocycles. The fourth-order valence-electron chi connectivity index (χ4n) is 3.13. The Kier molecular flexibility index (Phi) is 5.07. The molecule has 5 heteroatoms. The third-order valence-electron chi connectivity index (χ3n) is 4.66. The number of hydrogen-bond donors (Lipinski definition) is 0. The summed E-state index contributed by atoms with van der Waals surface area (Å²) in [6.07, 6.45) is 6.38. The zero-order chi connectivity index (χ0) is 17.2. The first kappa shape index (κ1) is 17.2. The van der Waals surface area contributed by atoms with E-state index in [-0.39, 0.29) is 17.6 Å². The lowest BCUT2D eigenvalue weighted by Crippen LogP contribution is -2.20. The van der Waals surface area contributed by atoms with Crippen LogP contribution in [0.25, 0.3) is 0 Å². The lowest BCUT2D eigenvalue weighted by molar-refractivity contribution is -0.275. The van der Waals surface area contributed by atoms with E-state index in [1.807, 2.05) is 12.1 Å². The zero-order valence-electron chi connectivity index (χ0n) is 13.9. The van der Waals surface area contributed by atoms with Gasteiger partial charge >= 0.3 is 6.36 Å². The molecule has 0 saturated heterocycles. The fourth-order valence-corrected chi connectivity index (χ4v) is 3.13. The fraction of sp³-hybridized carbons (Fsp3) is 0.579. The van der Waals surface area contributed by atoms with E-state index in [9.17, 15) is 13.2 Å². The molecule has 24 heavy (non-hydrogen) atoms. The molecule has 0 aromatic heterocycles. The molecule has 2 fully saturated rings. The smallest absolute Gasteiger partial charge is 0.487 e. The first-order valence-electron chi connectivity index (χ1n) is 8.64. The lowest BCUT2D eigenvalue weighted by atomic mass is 10.0. The second-order valence-corrected chi connectivity index (χ2v) is 6.72. The van der Waals surface area contributed by atoms with Crippen molar-refractivity contribution in [2.75, 3.05) is 0 Å². The van der Waals surface area contributed by atoms with Gasteiger partial charge in [0.2, 0.25) is 0 Å². The Morgan fingerprint density at radius 1 is 1.12 bits per heavy atom. The van der Waals surface area contributed by atoms with Gasteiger partial charge in [-0.2, -0.15) is 0 Å². The summed E-state index contributed by atoms with van der Waals surface area (Å²) < 4.78 is 48.6. The van der Waals surface area contributed by atoms with Gasteiger partial charge in [0.15, 0.2) is 11.5 Å². The predicted octanol–water partition coefficient (Wildman–Crippen LogP) is 5.72. The van der Waals surface area contributed by atoms with Gasteiger partial charge in [0.1, 0.15) is 0 Å². The van der Waals surface area contributed by atoms with Crippen LogP contribution in [0.2, 0.25) is 0 Å². The summed E-state index contributed by atoms with van der Waals surface area (Å²) in [5.41, 5.74) is 1.34. The molecule has 0 unspecified atom stereocenters. The highest BCUT2D eigenvalue weighted by Crippen LogP contribution is 2.39. The van der Waals surface area contributed by atoms with Gasteiger partial charge in [0.25, 0.3) is 0 Å². The van der Waals surface area contributed by atoms with Crippen molar-refractivity contribution in [3.63, 3.8) is 0 Å². The minimum atomic E-state index is -4.72. The molecular formula is C19H23F3O2. The molecule has 0 bridgehead atoms. The summed E-state index contributed by atoms with van der Waals surface area (Å²) in [5, 5.41) is 0. The summed E-state index contributed by atoms with van der Waals surface area (Å²) in [5.74, 6) is 0.666. The highest BCUT2D eigenvalue weighted by molar-refractivity contribution is 5.51. The third-order valence-corrected chi connectivity index (χ3v) is 4.66. The maximum absolute atomic E-state index is 12.8. The Morgan fingerprint density at radius 2 is 1.83 bits per heavy atom. The molecule has 2 saturated carbocycles. The van der Waals surface area contributed by atoms with Gasteiger partial charge in [-0.1, -0.05) is 18.2 Å². The molecule has 3 rings (SSSR count). The standard InChI is InChI=1S/C19H23F3O2/c1-13-15(6-4-5-14-9-10-14)11-12-17(18(13)24-19(20,21)22)23-16-7-2-3-8-16/h4-5,11-12,14,16H,2-3,6-10H2,1H3/b5-4+. The minimum Gasteiger partial charge on any atom is -0.487 e. The van der Waals surface area contributed by atoms with Crippen LogP contribution >= 0.6 is 0 Å². The van der Waals surface area contributed by atoms with E-state index in [1.54, 1.807) is 13.0 Å². The van der Waals surface area contributed by atoms with Crippen molar-refractivity contribution in [3.8, 4) is 11.5 Å². The van der Waals surface area contributed by atoms with Gasteiger partial charge in [0.05, 0.1) is 6.10 Å². The van der Waals surface area contributed by atoms with Crippen molar-refractivity contribution in [2.45, 2.75) is 64.3 Å². The van der Waals surface area contributed by atoms with Crippen molar-refractivity contribution in [3.05, 3.63) is 35.4 Å². The average Bonchev–Trinajstić information content (AvgIpc) is 3.18. The molecule has 0 N–H and O–H groups in total. The average molecular weight is 340 g/mol. The molecule has 1 aromatic carbocycles. The number of allylic oxidation sites excluding steroid dienone is 2. The van der Waals surface area contributed by atoms with Gasteiger partial charge in [-0.25, -0.2) is 0 Å². The van der Waals surface area contributed by atoms with Crippen molar-refractivity contribution >= 4 is 0 Å². The van der Waals surface area contributed by atoms with Crippen LogP contribution in [0.4, 0.5) is 13.2 Å². The molecule has 2 aliphatic carbocycles. The first-order chi connectivity index (χ1) is 11.4. The number of ether oxygens (including phenoxy) is 2. The summed E-state index contributed by atoms with van der Waals surface area (Å²) in [6, 6.07) is 3.47. The Labute approximate surface area is 140 Å². The first-order valence-corrected chi connectivity index (χ1v) is 8.64. The van der Waals surface area contributed by atoms with Crippen molar-refractivity contribution in [1.82, 2.24) is 0 Å². The van der Waals surface area contributed by atoms with Gasteiger partial charge in [-0.15, -0.1) is 13.2 Å². The molecule has 0 amide bonds. The Bertz CT molecular complexity index is 597. The van der Waals surface area contributed by atoms with Gasteiger partial charge in [0, 0.05) is 0 Å². The molecule has 2 aliphatic rings. The van der Waals surface area contributed by atoms with Crippen LogP contribution in [-0.2, 0) is 6.42 Å². The molecule has 0 radical (unpaired) electrons. The molecule has 2 nitrogen and oxygen atoms in total. The van der Waals surface area contributed by atoms with Crippen molar-refractivity contribution < 1.29 is 22.6 Å². The maximum Gasteiger partial charge on any atom is 0.573 e. The SMILES string of the molecule is Cc1c(C/C=C/C2CC2)ccc(OC2CCCC2)c1OC(F)(F)F. The van der Waals surface area contributed by atoms with Crippen LogP contribution in [0.3, 0.4) is 0 Å². The van der Waals surface area contributed by atoms with E-state index < -0.39 is 6.36 Å². The molecule has 0 aliphatic heterocycles. The van der Waals surface area contributed by atoms with Crippen LogP contribution in [0.5, 0.6) is 11.5 Å². The quantitative estimate of drug-likeness (QED) is 0.616. The number of halogens is 3. The number of hydrogen-bond acceptors (Lipinski definition) is 2. The van der Waals surface area contributed by atoms with E-state index in [0.717, 1.165) is 31.2 Å². The normalized spacial score (nSPS) is 19.2. The van der Waals surface area contributed by atoms with Crippen LogP contribution in [0.15, 0.2) is 24.3 Å². The lowest BCUT2D eigenvalue weighted by Gasteiger charge is -2.20. The van der Waals surface area contributed by atoms with Crippen molar-refractivity contribution in [1.29, 1.82) is 0 Å². The van der Waals surface area contributed by atoms with E-state index in [1.165, 1.54) is 12.8 Å². The highest BCUT2D eigenvalue weighted by atomic mass is 19.4. The second-order valence-electron chi connectivity index (χ2n) is 6.72. The summed E-state index contributed by atoms with van der Waals surface area (Å²) in [6.45, 7) is 1.67. The zero-order valence-corrected chi connectivity index (χ0v) is 13.9. The second kappa shape index (κ2) is 7.08. The Hall–Kier alpha value is -1.65. The number of rotatable bonds is 6. The van der Waals surface area contributed by atoms with E-state index in [0.29, 0.717) is 17.9 Å². The molecule has 1 aromatic rings. The predicted molar refractivity (Wildman–Crippen MR) is 86.3 cm³/mol. The van der Waals surface area contributed by atoms with Crippen LogP contribution in [0, 0.1) is 12.8 Å². The molecular weight excluding hydrogens is 317 g/mol. The Morgan fingerprint density at radius 3 is 2.46 bits per heavy atom.